The lowest BCUT2D eigenvalue weighted by atomic mass is 9.95. The molecular formula is C21H21N3O3. The van der Waals surface area contributed by atoms with Gasteiger partial charge in [0.1, 0.15) is 11.4 Å². The highest BCUT2D eigenvalue weighted by molar-refractivity contribution is 5.97. The molecule has 0 aliphatic carbocycles. The fourth-order valence-corrected chi connectivity index (χ4v) is 3.45. The van der Waals surface area contributed by atoms with Crippen molar-refractivity contribution in [3.05, 3.63) is 66.1 Å². The van der Waals surface area contributed by atoms with Crippen LogP contribution in [0.5, 0.6) is 5.75 Å². The Balaban J connectivity index is 1.52. The van der Waals surface area contributed by atoms with Crippen molar-refractivity contribution in [2.75, 3.05) is 20.3 Å². The lowest BCUT2D eigenvalue weighted by Crippen LogP contribution is -2.41. The van der Waals surface area contributed by atoms with Crippen molar-refractivity contribution in [1.29, 1.82) is 0 Å². The number of carbonyl (C=O) groups excluding carboxylic acids is 1. The Labute approximate surface area is 157 Å². The van der Waals surface area contributed by atoms with Gasteiger partial charge in [0.05, 0.1) is 31.9 Å². The van der Waals surface area contributed by atoms with Crippen LogP contribution in [0.3, 0.4) is 0 Å². The first kappa shape index (κ1) is 17.4. The van der Waals surface area contributed by atoms with Crippen molar-refractivity contribution < 1.29 is 14.3 Å². The molecule has 4 rings (SSSR count). The van der Waals surface area contributed by atoms with E-state index in [2.05, 4.69) is 15.3 Å². The number of rotatable bonds is 5. The molecular weight excluding hydrogens is 342 g/mol. The van der Waals surface area contributed by atoms with Gasteiger partial charge < -0.3 is 14.8 Å². The van der Waals surface area contributed by atoms with Crippen LogP contribution in [-0.4, -0.2) is 42.2 Å². The van der Waals surface area contributed by atoms with Gasteiger partial charge in [0.25, 0.3) is 5.91 Å². The minimum atomic E-state index is -0.214. The van der Waals surface area contributed by atoms with Gasteiger partial charge in [-0.1, -0.05) is 12.1 Å². The summed E-state index contributed by atoms with van der Waals surface area (Å²) in [6.07, 6.45) is 4.40. The van der Waals surface area contributed by atoms with Crippen molar-refractivity contribution in [1.82, 2.24) is 15.3 Å². The molecule has 0 radical (unpaired) electrons. The van der Waals surface area contributed by atoms with E-state index in [0.717, 1.165) is 17.3 Å². The fourth-order valence-electron chi connectivity index (χ4n) is 3.45. The topological polar surface area (TPSA) is 73.3 Å². The summed E-state index contributed by atoms with van der Waals surface area (Å²) in [7, 11) is 1.60. The fraction of sp³-hybridized carbons (Fsp3) is 0.286. The quantitative estimate of drug-likeness (QED) is 0.754. The molecule has 1 aliphatic heterocycles. The number of aromatic nitrogens is 2. The Morgan fingerprint density at radius 3 is 2.85 bits per heavy atom. The Kier molecular flexibility index (Phi) is 4.98. The molecule has 6 nitrogen and oxygen atoms in total. The molecule has 1 fully saturated rings. The summed E-state index contributed by atoms with van der Waals surface area (Å²) in [6.45, 7) is 1.13. The van der Waals surface area contributed by atoms with Crippen LogP contribution in [0.25, 0.3) is 10.9 Å². The van der Waals surface area contributed by atoms with Crippen LogP contribution in [0.4, 0.5) is 0 Å². The predicted octanol–water partition coefficient (Wildman–Crippen LogP) is 2.63. The van der Waals surface area contributed by atoms with Gasteiger partial charge in [-0.15, -0.1) is 0 Å². The van der Waals surface area contributed by atoms with Crippen molar-refractivity contribution >= 4 is 16.8 Å². The monoisotopic (exact) mass is 363 g/mol. The summed E-state index contributed by atoms with van der Waals surface area (Å²) in [6, 6.07) is 13.2. The van der Waals surface area contributed by atoms with Crippen LogP contribution in [0.2, 0.25) is 0 Å². The molecule has 2 aromatic heterocycles. The SMILES string of the molecule is COc1cc(C(=O)N[C@H]2COC[C@H]2Cc2ccncc2)nc2ccccc12. The standard InChI is InChI=1S/C21H21N3O3/c1-26-20-11-18(23-17-5-3-2-4-16(17)20)21(25)24-19-13-27-12-15(19)10-14-6-8-22-9-7-14/h2-9,11,15,19H,10,12-13H2,1H3,(H,24,25)/t15-,19+/m1/s1. The average Bonchev–Trinajstić information content (AvgIpc) is 3.14. The second-order valence-corrected chi connectivity index (χ2v) is 6.66. The molecule has 0 spiro atoms. The van der Waals surface area contributed by atoms with E-state index in [9.17, 15) is 4.79 Å². The molecule has 3 heterocycles. The van der Waals surface area contributed by atoms with Crippen molar-refractivity contribution in [3.8, 4) is 5.75 Å². The summed E-state index contributed by atoms with van der Waals surface area (Å²) in [5.41, 5.74) is 2.27. The number of nitrogens with zero attached hydrogens (tertiary/aromatic N) is 2. The zero-order chi connectivity index (χ0) is 18.6. The minimum Gasteiger partial charge on any atom is -0.496 e. The number of carbonyl (C=O) groups is 1. The molecule has 0 saturated carbocycles. The third-order valence-electron chi connectivity index (χ3n) is 4.89. The molecule has 2 atom stereocenters. The number of hydrogen-bond acceptors (Lipinski definition) is 5. The molecule has 138 valence electrons. The second-order valence-electron chi connectivity index (χ2n) is 6.66. The average molecular weight is 363 g/mol. The van der Waals surface area contributed by atoms with E-state index in [1.165, 1.54) is 5.56 Å². The highest BCUT2D eigenvalue weighted by atomic mass is 16.5. The van der Waals surface area contributed by atoms with Gasteiger partial charge >= 0.3 is 0 Å². The number of pyridine rings is 2. The Bertz CT molecular complexity index is 946. The number of ether oxygens (including phenoxy) is 2. The first-order chi connectivity index (χ1) is 13.2. The Morgan fingerprint density at radius 1 is 1.22 bits per heavy atom. The van der Waals surface area contributed by atoms with Crippen LogP contribution in [-0.2, 0) is 11.2 Å². The molecule has 1 amide bonds. The number of hydrogen-bond donors (Lipinski definition) is 1. The van der Waals surface area contributed by atoms with Gasteiger partial charge in [-0.05, 0) is 36.2 Å². The number of para-hydroxylation sites is 1. The van der Waals surface area contributed by atoms with E-state index in [0.29, 0.717) is 24.7 Å². The molecule has 6 heteroatoms. The van der Waals surface area contributed by atoms with Gasteiger partial charge in [-0.3, -0.25) is 9.78 Å². The van der Waals surface area contributed by atoms with Gasteiger partial charge in [-0.2, -0.15) is 0 Å². The largest absolute Gasteiger partial charge is 0.496 e. The summed E-state index contributed by atoms with van der Waals surface area (Å²) < 4.78 is 11.1. The summed E-state index contributed by atoms with van der Waals surface area (Å²) >= 11 is 0. The van der Waals surface area contributed by atoms with E-state index in [-0.39, 0.29) is 17.9 Å². The highest BCUT2D eigenvalue weighted by Gasteiger charge is 2.30. The van der Waals surface area contributed by atoms with Crippen molar-refractivity contribution in [2.24, 2.45) is 5.92 Å². The molecule has 27 heavy (non-hydrogen) atoms. The van der Waals surface area contributed by atoms with Crippen LogP contribution in [0, 0.1) is 5.92 Å². The number of benzene rings is 1. The molecule has 1 aliphatic rings. The van der Waals surface area contributed by atoms with E-state index in [1.807, 2.05) is 36.4 Å². The first-order valence-corrected chi connectivity index (χ1v) is 8.96. The maximum atomic E-state index is 12.8. The van der Waals surface area contributed by atoms with Gasteiger partial charge in [0.15, 0.2) is 0 Å². The van der Waals surface area contributed by atoms with E-state index < -0.39 is 0 Å². The summed E-state index contributed by atoms with van der Waals surface area (Å²) in [4.78, 5) is 21.4. The van der Waals surface area contributed by atoms with E-state index >= 15 is 0 Å². The van der Waals surface area contributed by atoms with Crippen LogP contribution >= 0.6 is 0 Å². The Hall–Kier alpha value is -2.99. The number of amides is 1. The molecule has 0 unspecified atom stereocenters. The third-order valence-corrected chi connectivity index (χ3v) is 4.89. The third kappa shape index (κ3) is 3.75. The zero-order valence-electron chi connectivity index (χ0n) is 15.1. The Morgan fingerprint density at radius 2 is 2.04 bits per heavy atom. The summed E-state index contributed by atoms with van der Waals surface area (Å²) in [5, 5.41) is 3.97. The lowest BCUT2D eigenvalue weighted by molar-refractivity contribution is 0.0920. The second kappa shape index (κ2) is 7.72. The van der Waals surface area contributed by atoms with Gasteiger partial charge in [0.2, 0.25) is 0 Å². The predicted molar refractivity (Wildman–Crippen MR) is 102 cm³/mol. The minimum absolute atomic E-state index is 0.0510. The van der Waals surface area contributed by atoms with E-state index in [1.54, 1.807) is 25.6 Å². The lowest BCUT2D eigenvalue weighted by Gasteiger charge is -2.19. The van der Waals surface area contributed by atoms with Crippen molar-refractivity contribution in [2.45, 2.75) is 12.5 Å². The van der Waals surface area contributed by atoms with Crippen LogP contribution in [0.15, 0.2) is 54.9 Å². The molecule has 3 aromatic rings. The molecule has 1 aromatic carbocycles. The molecule has 1 N–H and O–H groups in total. The number of nitrogens with one attached hydrogen (secondary N) is 1. The first-order valence-electron chi connectivity index (χ1n) is 8.96. The van der Waals surface area contributed by atoms with Crippen molar-refractivity contribution in [3.63, 3.8) is 0 Å². The normalized spacial score (nSPS) is 19.1. The van der Waals surface area contributed by atoms with Gasteiger partial charge in [-0.25, -0.2) is 4.98 Å². The number of methoxy groups -OCH3 is 1. The van der Waals surface area contributed by atoms with Crippen LogP contribution in [0.1, 0.15) is 16.1 Å². The number of fused-ring (bicyclic) bond motifs is 1. The molecule has 0 bridgehead atoms. The van der Waals surface area contributed by atoms with E-state index in [4.69, 9.17) is 9.47 Å². The maximum Gasteiger partial charge on any atom is 0.270 e. The van der Waals surface area contributed by atoms with Gasteiger partial charge in [0, 0.05) is 29.8 Å². The highest BCUT2D eigenvalue weighted by Crippen LogP contribution is 2.25. The van der Waals surface area contributed by atoms with Crippen LogP contribution < -0.4 is 10.1 Å². The zero-order valence-corrected chi connectivity index (χ0v) is 15.1. The molecule has 1 saturated heterocycles. The summed E-state index contributed by atoms with van der Waals surface area (Å²) in [5.74, 6) is 0.648. The maximum absolute atomic E-state index is 12.8. The smallest absolute Gasteiger partial charge is 0.270 e.